The highest BCUT2D eigenvalue weighted by Crippen LogP contribution is 2.35. The predicted octanol–water partition coefficient (Wildman–Crippen LogP) is 5.64. The van der Waals surface area contributed by atoms with E-state index in [-0.39, 0.29) is 38.2 Å². The second-order valence-corrected chi connectivity index (χ2v) is 15.5. The molecule has 0 saturated heterocycles. The summed E-state index contributed by atoms with van der Waals surface area (Å²) in [6.07, 6.45) is 1.59. The van der Waals surface area contributed by atoms with Crippen molar-refractivity contribution >= 4 is 50.2 Å². The van der Waals surface area contributed by atoms with Crippen LogP contribution in [-0.2, 0) is 34.0 Å². The maximum absolute atomic E-state index is 13.9. The summed E-state index contributed by atoms with van der Waals surface area (Å²) in [4.78, 5) is 26.6. The minimum atomic E-state index is -3.38. The van der Waals surface area contributed by atoms with Crippen LogP contribution in [0.4, 0.5) is 0 Å². The number of sulfone groups is 1. The average Bonchev–Trinajstić information content (AvgIpc) is 2.84. The number of hydrogen-bond donors (Lipinski definition) is 1. The molecule has 0 aliphatic carbocycles. The number of hydrogen-bond acceptors (Lipinski definition) is 6. The van der Waals surface area contributed by atoms with Gasteiger partial charge in [0.2, 0.25) is 0 Å². The fourth-order valence-corrected chi connectivity index (χ4v) is 6.20. The number of nitrogens with one attached hydrogen (secondary N) is 1. The Kier molecular flexibility index (Phi) is 9.79. The Morgan fingerprint density at radius 1 is 1.10 bits per heavy atom. The zero-order valence-electron chi connectivity index (χ0n) is 22.7. The van der Waals surface area contributed by atoms with Gasteiger partial charge in [-0.3, -0.25) is 9.59 Å². The van der Waals surface area contributed by atoms with E-state index in [0.717, 1.165) is 0 Å². The molecule has 0 fully saturated rings. The van der Waals surface area contributed by atoms with Crippen LogP contribution in [0.1, 0.15) is 67.7 Å². The van der Waals surface area contributed by atoms with Crippen molar-refractivity contribution in [1.82, 2.24) is 9.29 Å². The Morgan fingerprint density at radius 2 is 1.72 bits per heavy atom. The summed E-state index contributed by atoms with van der Waals surface area (Å²) < 4.78 is 41.6. The molecule has 0 saturated carbocycles. The maximum Gasteiger partial charge on any atom is 0.250 e. The van der Waals surface area contributed by atoms with E-state index in [4.69, 9.17) is 23.2 Å². The van der Waals surface area contributed by atoms with Crippen molar-refractivity contribution in [2.24, 2.45) is 7.05 Å². The lowest BCUT2D eigenvalue weighted by atomic mass is 9.89. The van der Waals surface area contributed by atoms with Crippen molar-refractivity contribution in [2.75, 3.05) is 5.75 Å². The van der Waals surface area contributed by atoms with Crippen molar-refractivity contribution < 1.29 is 17.8 Å². The molecule has 0 radical (unpaired) electrons. The van der Waals surface area contributed by atoms with Crippen LogP contribution in [0.15, 0.2) is 53.5 Å². The van der Waals surface area contributed by atoms with Crippen LogP contribution in [-0.4, -0.2) is 33.8 Å². The molecule has 0 bridgehead atoms. The molecule has 1 unspecified atom stereocenters. The molecule has 3 aromatic rings. The van der Waals surface area contributed by atoms with Crippen LogP contribution >= 0.6 is 23.2 Å². The van der Waals surface area contributed by atoms with Crippen LogP contribution in [0.25, 0.3) is 11.1 Å². The quantitative estimate of drug-likeness (QED) is 0.248. The number of ketones is 1. The Balaban J connectivity index is 2.31. The zero-order valence-corrected chi connectivity index (χ0v) is 25.8. The number of benzene rings is 2. The van der Waals surface area contributed by atoms with Gasteiger partial charge in [-0.1, -0.05) is 48.3 Å². The molecule has 1 heterocycles. The first kappa shape index (κ1) is 31.4. The van der Waals surface area contributed by atoms with E-state index in [9.17, 15) is 22.6 Å². The van der Waals surface area contributed by atoms with E-state index < -0.39 is 37.8 Å². The second kappa shape index (κ2) is 12.2. The minimum Gasteiger partial charge on any atom is -0.598 e. The van der Waals surface area contributed by atoms with Gasteiger partial charge in [0.1, 0.15) is 4.75 Å². The molecule has 3 rings (SSSR count). The third kappa shape index (κ3) is 7.34. The molecule has 2 atom stereocenters. The second-order valence-electron chi connectivity index (χ2n) is 10.3. The highest BCUT2D eigenvalue weighted by Gasteiger charge is 2.30. The third-order valence-corrected chi connectivity index (χ3v) is 10.2. The number of carbonyl (C=O) groups is 1. The number of carbonyl (C=O) groups excluding carboxylic acids is 1. The molecule has 1 aromatic heterocycles. The average molecular weight is 612 g/mol. The van der Waals surface area contributed by atoms with Crippen LogP contribution < -0.4 is 10.3 Å². The van der Waals surface area contributed by atoms with E-state index in [0.29, 0.717) is 22.3 Å². The molecule has 1 N–H and O–H groups in total. The van der Waals surface area contributed by atoms with Crippen LogP contribution in [0, 0.1) is 0 Å². The van der Waals surface area contributed by atoms with Gasteiger partial charge in [-0.2, -0.15) is 0 Å². The summed E-state index contributed by atoms with van der Waals surface area (Å²) in [5, 5.41) is 0.347. The van der Waals surface area contributed by atoms with Crippen molar-refractivity contribution in [3.05, 3.63) is 91.3 Å². The Hall–Kier alpha value is -2.14. The van der Waals surface area contributed by atoms with Gasteiger partial charge in [0, 0.05) is 47.6 Å². The number of rotatable bonds is 9. The number of nitrogens with zero attached hydrogens (tertiary/aromatic N) is 1. The summed E-state index contributed by atoms with van der Waals surface area (Å²) >= 11 is 11.3. The largest absolute Gasteiger partial charge is 0.598 e. The van der Waals surface area contributed by atoms with Crippen molar-refractivity contribution in [3.8, 4) is 11.1 Å². The molecule has 11 heteroatoms. The molecule has 0 spiro atoms. The lowest BCUT2D eigenvalue weighted by molar-refractivity contribution is 0.103. The summed E-state index contributed by atoms with van der Waals surface area (Å²) in [7, 11) is -1.80. The molecule has 2 aromatic carbocycles. The first-order valence-corrected chi connectivity index (χ1v) is 16.0. The molecule has 0 aliphatic rings. The van der Waals surface area contributed by atoms with Gasteiger partial charge in [0.25, 0.3) is 5.56 Å². The fourth-order valence-electron chi connectivity index (χ4n) is 3.94. The van der Waals surface area contributed by atoms with E-state index in [2.05, 4.69) is 4.72 Å². The Bertz CT molecular complexity index is 1540. The number of halogens is 2. The molecule has 210 valence electrons. The smallest absolute Gasteiger partial charge is 0.250 e. The SMILES string of the molecule is CCS(=O)(=O)Cc1ccc(C(=O)c2c(Cl)cccc2Cl)c(-c2cn(C)c(=O)cc2C(C)N[S@@+]([O-])C(C)(C)C)c1. The van der Waals surface area contributed by atoms with Gasteiger partial charge in [0.15, 0.2) is 15.6 Å². The fraction of sp³-hybridized carbons (Fsp3) is 0.357. The molecule has 0 aliphatic heterocycles. The van der Waals surface area contributed by atoms with Gasteiger partial charge in [0.05, 0.1) is 27.4 Å². The first-order valence-electron chi connectivity index (χ1n) is 12.3. The van der Waals surface area contributed by atoms with E-state index in [1.165, 1.54) is 10.6 Å². The molecule has 7 nitrogen and oxygen atoms in total. The summed E-state index contributed by atoms with van der Waals surface area (Å²) in [6.45, 7) is 8.83. The standard InChI is InChI=1S/C28H32Cl2N2O5S2/c1-7-39(36,37)16-18-11-12-19(27(34)26-23(29)9-8-10-24(26)30)21(13-18)22-15-32(6)25(33)14-20(22)17(2)31-38(35)28(3,4)5/h8-15,17,31H,7,16H2,1-6H3/t17?,38-/m0/s1. The summed E-state index contributed by atoms with van der Waals surface area (Å²) in [5.74, 6) is -0.715. The number of aryl methyl sites for hydroxylation is 1. The molecular weight excluding hydrogens is 579 g/mol. The third-order valence-electron chi connectivity index (χ3n) is 6.20. The molecule has 0 amide bonds. The maximum atomic E-state index is 13.9. The van der Waals surface area contributed by atoms with Crippen molar-refractivity contribution in [1.29, 1.82) is 0 Å². The highest BCUT2D eigenvalue weighted by atomic mass is 35.5. The molecular formula is C28H32Cl2N2O5S2. The number of aromatic nitrogens is 1. The van der Waals surface area contributed by atoms with Crippen LogP contribution in [0.3, 0.4) is 0 Å². The van der Waals surface area contributed by atoms with Crippen LogP contribution in [0.5, 0.6) is 0 Å². The monoisotopic (exact) mass is 610 g/mol. The minimum absolute atomic E-state index is 0.0388. The lowest BCUT2D eigenvalue weighted by Gasteiger charge is -2.27. The number of pyridine rings is 1. The van der Waals surface area contributed by atoms with Crippen LogP contribution in [0.2, 0.25) is 10.0 Å². The van der Waals surface area contributed by atoms with E-state index in [1.807, 2.05) is 20.8 Å². The predicted molar refractivity (Wildman–Crippen MR) is 160 cm³/mol. The zero-order chi connectivity index (χ0) is 29.3. The van der Waals surface area contributed by atoms with Crippen molar-refractivity contribution in [2.45, 2.75) is 51.2 Å². The normalized spacial score (nSPS) is 13.8. The van der Waals surface area contributed by atoms with E-state index in [1.54, 1.807) is 63.5 Å². The van der Waals surface area contributed by atoms with Gasteiger partial charge in [-0.25, -0.2) is 8.42 Å². The molecule has 39 heavy (non-hydrogen) atoms. The highest BCUT2D eigenvalue weighted by molar-refractivity contribution is 7.91. The first-order chi connectivity index (χ1) is 18.1. The van der Waals surface area contributed by atoms with Gasteiger partial charge in [-0.05, 0) is 62.6 Å². The van der Waals surface area contributed by atoms with Gasteiger partial charge < -0.3 is 9.12 Å². The lowest BCUT2D eigenvalue weighted by Crippen LogP contribution is -2.41. The van der Waals surface area contributed by atoms with Gasteiger partial charge >= 0.3 is 0 Å². The van der Waals surface area contributed by atoms with E-state index >= 15 is 0 Å². The van der Waals surface area contributed by atoms with Crippen molar-refractivity contribution in [3.63, 3.8) is 0 Å². The summed E-state index contributed by atoms with van der Waals surface area (Å²) in [6, 6.07) is 10.4. The topological polar surface area (TPSA) is 108 Å². The Morgan fingerprint density at radius 3 is 2.28 bits per heavy atom. The van der Waals surface area contributed by atoms with Gasteiger partial charge in [-0.15, -0.1) is 4.72 Å². The summed E-state index contributed by atoms with van der Waals surface area (Å²) in [5.41, 5.74) is 1.94. The Labute approximate surface area is 242 Å².